The van der Waals surface area contributed by atoms with Crippen LogP contribution in [0.4, 0.5) is 0 Å². The van der Waals surface area contributed by atoms with Gasteiger partial charge in [0.05, 0.1) is 18.1 Å². The zero-order valence-corrected chi connectivity index (χ0v) is 9.58. The minimum atomic E-state index is 0.542. The summed E-state index contributed by atoms with van der Waals surface area (Å²) in [5.74, 6) is 0.806. The number of halogens is 1. The number of hydrogen-bond donors (Lipinski definition) is 0. The first-order valence-electron chi connectivity index (χ1n) is 4.96. The van der Waals surface area contributed by atoms with E-state index in [1.54, 1.807) is 7.11 Å². The molecule has 0 radical (unpaired) electrons. The Bertz CT molecular complexity index is 479. The Morgan fingerprint density at radius 1 is 1.47 bits per heavy atom. The summed E-state index contributed by atoms with van der Waals surface area (Å²) >= 11 is 6.05. The molecule has 0 atom stereocenters. The Hall–Kier alpha value is -1.22. The molecule has 80 valence electrons. The number of aromatic nitrogens is 2. The molecule has 1 heterocycles. The third kappa shape index (κ3) is 1.79. The summed E-state index contributed by atoms with van der Waals surface area (Å²) in [6.45, 7) is 3.01. The van der Waals surface area contributed by atoms with Crippen molar-refractivity contribution in [1.29, 1.82) is 0 Å². The van der Waals surface area contributed by atoms with Crippen LogP contribution in [0.3, 0.4) is 0 Å². The summed E-state index contributed by atoms with van der Waals surface area (Å²) in [4.78, 5) is 4.29. The van der Waals surface area contributed by atoms with Crippen molar-refractivity contribution in [3.05, 3.63) is 23.5 Å². The van der Waals surface area contributed by atoms with E-state index in [1.807, 2.05) is 22.8 Å². The molecule has 0 amide bonds. The Morgan fingerprint density at radius 2 is 2.27 bits per heavy atom. The van der Waals surface area contributed by atoms with Crippen molar-refractivity contribution in [1.82, 2.24) is 9.55 Å². The molecule has 1 aromatic heterocycles. The molecule has 0 saturated heterocycles. The molecule has 3 nitrogen and oxygen atoms in total. The SMILES string of the molecule is CCCn1c(Cl)nc2cc(OC)ccc21. The number of nitrogens with zero attached hydrogens (tertiary/aromatic N) is 2. The second kappa shape index (κ2) is 4.11. The molecule has 0 aliphatic carbocycles. The fourth-order valence-corrected chi connectivity index (χ4v) is 1.91. The zero-order chi connectivity index (χ0) is 10.8. The molecule has 0 spiro atoms. The molecule has 1 aromatic carbocycles. The van der Waals surface area contributed by atoms with Crippen molar-refractivity contribution in [2.75, 3.05) is 7.11 Å². The molecule has 0 unspecified atom stereocenters. The fourth-order valence-electron chi connectivity index (χ4n) is 1.64. The summed E-state index contributed by atoms with van der Waals surface area (Å²) in [5, 5.41) is 0.542. The van der Waals surface area contributed by atoms with E-state index in [2.05, 4.69) is 11.9 Å². The van der Waals surface area contributed by atoms with E-state index in [4.69, 9.17) is 16.3 Å². The molecule has 0 bridgehead atoms. The van der Waals surface area contributed by atoms with Gasteiger partial charge in [0.15, 0.2) is 0 Å². The van der Waals surface area contributed by atoms with Gasteiger partial charge in [0, 0.05) is 12.6 Å². The quantitative estimate of drug-likeness (QED) is 0.801. The molecule has 0 saturated carbocycles. The average molecular weight is 225 g/mol. The fraction of sp³-hybridized carbons (Fsp3) is 0.364. The molecule has 4 heteroatoms. The predicted octanol–water partition coefficient (Wildman–Crippen LogP) is 3.11. The third-order valence-corrected chi connectivity index (χ3v) is 2.64. The van der Waals surface area contributed by atoms with Crippen LogP contribution in [-0.2, 0) is 6.54 Å². The number of ether oxygens (including phenoxy) is 1. The highest BCUT2D eigenvalue weighted by Crippen LogP contribution is 2.24. The van der Waals surface area contributed by atoms with Crippen LogP contribution in [0, 0.1) is 0 Å². The Balaban J connectivity index is 2.58. The molecule has 2 rings (SSSR count). The van der Waals surface area contributed by atoms with Gasteiger partial charge in [-0.15, -0.1) is 0 Å². The first-order chi connectivity index (χ1) is 7.26. The lowest BCUT2D eigenvalue weighted by Gasteiger charge is -2.03. The molecule has 0 aliphatic heterocycles. The topological polar surface area (TPSA) is 27.1 Å². The van der Waals surface area contributed by atoms with Gasteiger partial charge in [-0.3, -0.25) is 0 Å². The number of methoxy groups -OCH3 is 1. The van der Waals surface area contributed by atoms with E-state index in [-0.39, 0.29) is 0 Å². The number of aryl methyl sites for hydroxylation is 1. The lowest BCUT2D eigenvalue weighted by atomic mass is 10.3. The van der Waals surface area contributed by atoms with E-state index < -0.39 is 0 Å². The van der Waals surface area contributed by atoms with Crippen LogP contribution in [0.1, 0.15) is 13.3 Å². The van der Waals surface area contributed by atoms with Crippen molar-refractivity contribution < 1.29 is 4.74 Å². The summed E-state index contributed by atoms with van der Waals surface area (Å²) < 4.78 is 7.15. The lowest BCUT2D eigenvalue weighted by Crippen LogP contribution is -1.96. The first kappa shape index (κ1) is 10.3. The van der Waals surface area contributed by atoms with Gasteiger partial charge in [0.1, 0.15) is 5.75 Å². The second-order valence-electron chi connectivity index (χ2n) is 3.39. The van der Waals surface area contributed by atoms with Gasteiger partial charge in [-0.25, -0.2) is 4.98 Å². The van der Waals surface area contributed by atoms with Crippen molar-refractivity contribution >= 4 is 22.6 Å². The highest BCUT2D eigenvalue weighted by molar-refractivity contribution is 6.29. The maximum atomic E-state index is 6.05. The third-order valence-electron chi connectivity index (χ3n) is 2.36. The number of rotatable bonds is 3. The highest BCUT2D eigenvalue weighted by atomic mass is 35.5. The minimum Gasteiger partial charge on any atom is -0.497 e. The maximum absolute atomic E-state index is 6.05. The molecular formula is C11H13ClN2O. The van der Waals surface area contributed by atoms with Gasteiger partial charge in [-0.2, -0.15) is 0 Å². The van der Waals surface area contributed by atoms with E-state index in [1.165, 1.54) is 0 Å². The van der Waals surface area contributed by atoms with Crippen molar-refractivity contribution in [3.8, 4) is 5.75 Å². The standard InChI is InChI=1S/C11H13ClN2O/c1-3-6-14-10-5-4-8(15-2)7-9(10)13-11(14)12/h4-5,7H,3,6H2,1-2H3. The van der Waals surface area contributed by atoms with Crippen molar-refractivity contribution in [2.45, 2.75) is 19.9 Å². The van der Waals surface area contributed by atoms with Crippen LogP contribution < -0.4 is 4.74 Å². The van der Waals surface area contributed by atoms with Gasteiger partial charge in [-0.1, -0.05) is 6.92 Å². The van der Waals surface area contributed by atoms with Crippen LogP contribution in [0.5, 0.6) is 5.75 Å². The average Bonchev–Trinajstić information content (AvgIpc) is 2.55. The Labute approximate surface area is 93.6 Å². The van der Waals surface area contributed by atoms with Crippen LogP contribution >= 0.6 is 11.6 Å². The van der Waals surface area contributed by atoms with Crippen LogP contribution in [-0.4, -0.2) is 16.7 Å². The smallest absolute Gasteiger partial charge is 0.203 e. The number of benzene rings is 1. The van der Waals surface area contributed by atoms with Gasteiger partial charge in [0.2, 0.25) is 5.28 Å². The normalized spacial score (nSPS) is 10.9. The van der Waals surface area contributed by atoms with Gasteiger partial charge in [-0.05, 0) is 30.2 Å². The number of hydrogen-bond acceptors (Lipinski definition) is 2. The van der Waals surface area contributed by atoms with E-state index in [0.29, 0.717) is 5.28 Å². The molecule has 0 fully saturated rings. The molecular weight excluding hydrogens is 212 g/mol. The largest absolute Gasteiger partial charge is 0.497 e. The summed E-state index contributed by atoms with van der Waals surface area (Å²) in [7, 11) is 1.64. The van der Waals surface area contributed by atoms with Crippen LogP contribution in [0.15, 0.2) is 18.2 Å². The molecule has 2 aromatic rings. The van der Waals surface area contributed by atoms with Crippen LogP contribution in [0.25, 0.3) is 11.0 Å². The highest BCUT2D eigenvalue weighted by Gasteiger charge is 2.08. The minimum absolute atomic E-state index is 0.542. The summed E-state index contributed by atoms with van der Waals surface area (Å²) in [5.41, 5.74) is 1.94. The van der Waals surface area contributed by atoms with Crippen LogP contribution in [0.2, 0.25) is 5.28 Å². The Morgan fingerprint density at radius 3 is 2.93 bits per heavy atom. The van der Waals surface area contributed by atoms with E-state index in [0.717, 1.165) is 29.7 Å². The van der Waals surface area contributed by atoms with Gasteiger partial charge in [0.25, 0.3) is 0 Å². The first-order valence-corrected chi connectivity index (χ1v) is 5.34. The Kier molecular flexibility index (Phi) is 2.82. The predicted molar refractivity (Wildman–Crippen MR) is 61.6 cm³/mol. The molecule has 15 heavy (non-hydrogen) atoms. The van der Waals surface area contributed by atoms with Gasteiger partial charge >= 0.3 is 0 Å². The number of imidazole rings is 1. The number of fused-ring (bicyclic) bond motifs is 1. The lowest BCUT2D eigenvalue weighted by molar-refractivity contribution is 0.415. The zero-order valence-electron chi connectivity index (χ0n) is 8.83. The van der Waals surface area contributed by atoms with Crippen molar-refractivity contribution in [3.63, 3.8) is 0 Å². The molecule has 0 aliphatic rings. The van der Waals surface area contributed by atoms with E-state index in [9.17, 15) is 0 Å². The van der Waals surface area contributed by atoms with E-state index >= 15 is 0 Å². The monoisotopic (exact) mass is 224 g/mol. The van der Waals surface area contributed by atoms with Gasteiger partial charge < -0.3 is 9.30 Å². The second-order valence-corrected chi connectivity index (χ2v) is 3.73. The summed E-state index contributed by atoms with van der Waals surface area (Å²) in [6.07, 6.45) is 1.04. The summed E-state index contributed by atoms with van der Waals surface area (Å²) in [6, 6.07) is 5.81. The molecule has 0 N–H and O–H groups in total. The maximum Gasteiger partial charge on any atom is 0.203 e. The van der Waals surface area contributed by atoms with Crippen molar-refractivity contribution in [2.24, 2.45) is 0 Å².